The van der Waals surface area contributed by atoms with Crippen LogP contribution in [-0.4, -0.2) is 30.1 Å². The molecule has 3 N–H and O–H groups in total. The molecule has 1 rings (SSSR count). The first kappa shape index (κ1) is 12.0. The van der Waals surface area contributed by atoms with Crippen molar-refractivity contribution in [1.29, 1.82) is 0 Å². The summed E-state index contributed by atoms with van der Waals surface area (Å²) in [5.74, 6) is -1.38. The van der Waals surface area contributed by atoms with Crippen molar-refractivity contribution in [3.8, 4) is 0 Å². The minimum Gasteiger partial charge on any atom is -0.480 e. The summed E-state index contributed by atoms with van der Waals surface area (Å²) in [7, 11) is 0. The van der Waals surface area contributed by atoms with E-state index in [-0.39, 0.29) is 13.0 Å². The lowest BCUT2D eigenvalue weighted by atomic mass is 10.2. The molecule has 0 heterocycles. The monoisotopic (exact) mass is 222 g/mol. The molecule has 0 saturated carbocycles. The number of benzene rings is 1. The van der Waals surface area contributed by atoms with Crippen LogP contribution in [0.2, 0.25) is 0 Å². The Kier molecular flexibility index (Phi) is 4.32. The SMILES string of the molecule is NC(=O)CCN(CC(=O)O)c1ccccc1. The summed E-state index contributed by atoms with van der Waals surface area (Å²) in [5.41, 5.74) is 5.81. The highest BCUT2D eigenvalue weighted by molar-refractivity contribution is 5.76. The number of amides is 1. The molecule has 1 aromatic carbocycles. The van der Waals surface area contributed by atoms with Gasteiger partial charge < -0.3 is 15.7 Å². The molecule has 1 aromatic rings. The third-order valence-electron chi connectivity index (χ3n) is 2.08. The van der Waals surface area contributed by atoms with E-state index >= 15 is 0 Å². The quantitative estimate of drug-likeness (QED) is 0.732. The standard InChI is InChI=1S/C11H14N2O3/c12-10(14)6-7-13(8-11(15)16)9-4-2-1-3-5-9/h1-5H,6-8H2,(H2,12,14)(H,15,16). The Balaban J connectivity index is 2.71. The van der Waals surface area contributed by atoms with Crippen LogP contribution in [0.25, 0.3) is 0 Å². The number of para-hydroxylation sites is 1. The highest BCUT2D eigenvalue weighted by Crippen LogP contribution is 2.12. The molecule has 0 spiro atoms. The van der Waals surface area contributed by atoms with Crippen molar-refractivity contribution < 1.29 is 14.7 Å². The van der Waals surface area contributed by atoms with Crippen molar-refractivity contribution in [2.24, 2.45) is 5.73 Å². The number of aliphatic carboxylic acids is 1. The number of carboxylic acid groups (broad SMARTS) is 1. The minimum atomic E-state index is -0.937. The summed E-state index contributed by atoms with van der Waals surface area (Å²) >= 11 is 0. The van der Waals surface area contributed by atoms with Crippen LogP contribution in [0, 0.1) is 0 Å². The van der Waals surface area contributed by atoms with Crippen LogP contribution in [0.15, 0.2) is 30.3 Å². The summed E-state index contributed by atoms with van der Waals surface area (Å²) in [6.45, 7) is 0.170. The van der Waals surface area contributed by atoms with Gasteiger partial charge in [-0.25, -0.2) is 0 Å². The number of nitrogens with two attached hydrogens (primary N) is 1. The Labute approximate surface area is 93.5 Å². The smallest absolute Gasteiger partial charge is 0.323 e. The van der Waals surface area contributed by atoms with Crippen LogP contribution in [0.3, 0.4) is 0 Å². The minimum absolute atomic E-state index is 0.141. The third-order valence-corrected chi connectivity index (χ3v) is 2.08. The Morgan fingerprint density at radius 1 is 1.25 bits per heavy atom. The number of hydrogen-bond donors (Lipinski definition) is 2. The van der Waals surface area contributed by atoms with E-state index in [1.165, 1.54) is 0 Å². The second-order valence-electron chi connectivity index (χ2n) is 3.37. The van der Waals surface area contributed by atoms with Crippen LogP contribution in [0.5, 0.6) is 0 Å². The fourth-order valence-corrected chi connectivity index (χ4v) is 1.35. The summed E-state index contributed by atoms with van der Waals surface area (Å²) in [6, 6.07) is 9.06. The second kappa shape index (κ2) is 5.75. The van der Waals surface area contributed by atoms with Crippen LogP contribution < -0.4 is 10.6 Å². The summed E-state index contributed by atoms with van der Waals surface area (Å²) < 4.78 is 0. The van der Waals surface area contributed by atoms with E-state index in [1.54, 1.807) is 17.0 Å². The van der Waals surface area contributed by atoms with Gasteiger partial charge in [0.05, 0.1) is 0 Å². The first-order valence-electron chi connectivity index (χ1n) is 4.89. The van der Waals surface area contributed by atoms with E-state index in [9.17, 15) is 9.59 Å². The zero-order chi connectivity index (χ0) is 12.0. The topological polar surface area (TPSA) is 83.6 Å². The third kappa shape index (κ3) is 4.00. The van der Waals surface area contributed by atoms with Crippen molar-refractivity contribution in [3.05, 3.63) is 30.3 Å². The van der Waals surface area contributed by atoms with Gasteiger partial charge in [-0.15, -0.1) is 0 Å². The fraction of sp³-hybridized carbons (Fsp3) is 0.273. The molecule has 0 fully saturated rings. The number of anilines is 1. The molecule has 0 aromatic heterocycles. The molecule has 0 saturated heterocycles. The average molecular weight is 222 g/mol. The highest BCUT2D eigenvalue weighted by atomic mass is 16.4. The summed E-state index contributed by atoms with van der Waals surface area (Å²) in [5, 5.41) is 8.75. The van der Waals surface area contributed by atoms with E-state index in [0.717, 1.165) is 5.69 Å². The first-order chi connectivity index (χ1) is 7.59. The van der Waals surface area contributed by atoms with Crippen LogP contribution in [0.1, 0.15) is 6.42 Å². The molecular weight excluding hydrogens is 208 g/mol. The van der Waals surface area contributed by atoms with E-state index in [0.29, 0.717) is 6.54 Å². The molecule has 16 heavy (non-hydrogen) atoms. The van der Waals surface area contributed by atoms with Crippen molar-refractivity contribution in [3.63, 3.8) is 0 Å². The number of nitrogens with zero attached hydrogens (tertiary/aromatic N) is 1. The fourth-order valence-electron chi connectivity index (χ4n) is 1.35. The predicted octanol–water partition coefficient (Wildman–Crippen LogP) is 0.453. The lowest BCUT2D eigenvalue weighted by Gasteiger charge is -2.21. The molecule has 0 radical (unpaired) electrons. The van der Waals surface area contributed by atoms with E-state index in [1.807, 2.05) is 18.2 Å². The molecule has 86 valence electrons. The molecule has 1 amide bonds. The number of primary amides is 1. The maximum absolute atomic E-state index is 10.7. The van der Waals surface area contributed by atoms with E-state index in [4.69, 9.17) is 10.8 Å². The number of hydrogen-bond acceptors (Lipinski definition) is 3. The van der Waals surface area contributed by atoms with Crippen molar-refractivity contribution in [2.75, 3.05) is 18.0 Å². The molecule has 0 atom stereocenters. The molecule has 5 heteroatoms. The molecule has 0 aliphatic rings. The maximum atomic E-state index is 10.7. The maximum Gasteiger partial charge on any atom is 0.323 e. The molecular formula is C11H14N2O3. The second-order valence-corrected chi connectivity index (χ2v) is 3.37. The predicted molar refractivity (Wildman–Crippen MR) is 60.1 cm³/mol. The number of carboxylic acids is 1. The lowest BCUT2D eigenvalue weighted by Crippen LogP contribution is -2.32. The number of carbonyl (C=O) groups is 2. The van der Waals surface area contributed by atoms with Crippen molar-refractivity contribution in [1.82, 2.24) is 0 Å². The molecule has 0 aliphatic heterocycles. The van der Waals surface area contributed by atoms with Gasteiger partial charge in [-0.1, -0.05) is 18.2 Å². The van der Waals surface area contributed by atoms with E-state index in [2.05, 4.69) is 0 Å². The normalized spacial score (nSPS) is 9.75. The lowest BCUT2D eigenvalue weighted by molar-refractivity contribution is -0.135. The largest absolute Gasteiger partial charge is 0.480 e. The van der Waals surface area contributed by atoms with Gasteiger partial charge in [0.25, 0.3) is 0 Å². The molecule has 5 nitrogen and oxygen atoms in total. The zero-order valence-electron chi connectivity index (χ0n) is 8.80. The zero-order valence-corrected chi connectivity index (χ0v) is 8.80. The van der Waals surface area contributed by atoms with E-state index < -0.39 is 11.9 Å². The van der Waals surface area contributed by atoms with Gasteiger partial charge in [0, 0.05) is 18.7 Å². The van der Waals surface area contributed by atoms with Gasteiger partial charge in [-0.3, -0.25) is 9.59 Å². The first-order valence-corrected chi connectivity index (χ1v) is 4.89. The van der Waals surface area contributed by atoms with Gasteiger partial charge in [0.2, 0.25) is 5.91 Å². The van der Waals surface area contributed by atoms with Gasteiger partial charge in [-0.2, -0.15) is 0 Å². The molecule has 0 aliphatic carbocycles. The van der Waals surface area contributed by atoms with Gasteiger partial charge >= 0.3 is 5.97 Å². The number of carbonyl (C=O) groups excluding carboxylic acids is 1. The van der Waals surface area contributed by atoms with Gasteiger partial charge in [-0.05, 0) is 12.1 Å². The van der Waals surface area contributed by atoms with Crippen molar-refractivity contribution in [2.45, 2.75) is 6.42 Å². The Morgan fingerprint density at radius 2 is 1.88 bits per heavy atom. The molecule has 0 unspecified atom stereocenters. The Morgan fingerprint density at radius 3 is 2.38 bits per heavy atom. The average Bonchev–Trinajstić information content (AvgIpc) is 2.25. The summed E-state index contributed by atoms with van der Waals surface area (Å²) in [4.78, 5) is 22.9. The van der Waals surface area contributed by atoms with Gasteiger partial charge in [0.1, 0.15) is 6.54 Å². The Bertz CT molecular complexity index is 365. The van der Waals surface area contributed by atoms with Gasteiger partial charge in [0.15, 0.2) is 0 Å². The molecule has 0 bridgehead atoms. The number of rotatable bonds is 6. The summed E-state index contributed by atoms with van der Waals surface area (Å²) in [6.07, 6.45) is 0.141. The van der Waals surface area contributed by atoms with Crippen LogP contribution >= 0.6 is 0 Å². The van der Waals surface area contributed by atoms with Crippen molar-refractivity contribution >= 4 is 17.6 Å². The Hall–Kier alpha value is -2.04. The van der Waals surface area contributed by atoms with Crippen LogP contribution in [0.4, 0.5) is 5.69 Å². The van der Waals surface area contributed by atoms with Crippen LogP contribution in [-0.2, 0) is 9.59 Å². The highest BCUT2D eigenvalue weighted by Gasteiger charge is 2.10.